The highest BCUT2D eigenvalue weighted by atomic mass is 35.5. The van der Waals surface area contributed by atoms with Gasteiger partial charge in [0.2, 0.25) is 0 Å². The predicted molar refractivity (Wildman–Crippen MR) is 69.3 cm³/mol. The van der Waals surface area contributed by atoms with Crippen LogP contribution in [0.15, 0.2) is 18.2 Å². The number of carbonyl (C=O) groups is 1. The molecule has 1 aromatic carbocycles. The average molecular weight is 276 g/mol. The molecule has 0 fully saturated rings. The van der Waals surface area contributed by atoms with Gasteiger partial charge in [0.15, 0.2) is 0 Å². The van der Waals surface area contributed by atoms with Crippen LogP contribution in [0.1, 0.15) is 31.4 Å². The second kappa shape index (κ2) is 6.84. The van der Waals surface area contributed by atoms with Crippen molar-refractivity contribution in [3.8, 4) is 0 Å². The van der Waals surface area contributed by atoms with Crippen LogP contribution < -0.4 is 5.73 Å². The molecule has 1 aromatic rings. The van der Waals surface area contributed by atoms with E-state index in [2.05, 4.69) is 0 Å². The molecular formula is C12H15Cl2NO2. The van der Waals surface area contributed by atoms with Gasteiger partial charge < -0.3 is 10.5 Å². The third kappa shape index (κ3) is 4.54. The molecule has 2 N–H and O–H groups in total. The van der Waals surface area contributed by atoms with Gasteiger partial charge in [0, 0.05) is 22.5 Å². The zero-order valence-corrected chi connectivity index (χ0v) is 11.1. The Kier molecular flexibility index (Phi) is 5.75. The Labute approximate surface area is 111 Å². The van der Waals surface area contributed by atoms with Gasteiger partial charge in [-0.3, -0.25) is 4.79 Å². The lowest BCUT2D eigenvalue weighted by Gasteiger charge is -2.13. The molecule has 1 atom stereocenters. The van der Waals surface area contributed by atoms with Gasteiger partial charge in [-0.25, -0.2) is 0 Å². The Bertz CT molecular complexity index is 396. The molecular weight excluding hydrogens is 261 g/mol. The van der Waals surface area contributed by atoms with Crippen LogP contribution >= 0.6 is 23.2 Å². The van der Waals surface area contributed by atoms with Crippen molar-refractivity contribution in [1.82, 2.24) is 0 Å². The first-order valence-electron chi connectivity index (χ1n) is 5.40. The third-order valence-corrected chi connectivity index (χ3v) is 2.90. The maximum atomic E-state index is 11.2. The van der Waals surface area contributed by atoms with E-state index in [1.165, 1.54) is 0 Å². The Morgan fingerprint density at radius 3 is 2.82 bits per heavy atom. The van der Waals surface area contributed by atoms with Crippen LogP contribution in [-0.2, 0) is 9.53 Å². The zero-order chi connectivity index (χ0) is 12.8. The van der Waals surface area contributed by atoms with Gasteiger partial charge in [0.05, 0.1) is 6.61 Å². The summed E-state index contributed by atoms with van der Waals surface area (Å²) in [5.74, 6) is -0.249. The molecule has 0 aliphatic heterocycles. The smallest absolute Gasteiger partial charge is 0.305 e. The summed E-state index contributed by atoms with van der Waals surface area (Å²) < 4.78 is 4.83. The number of esters is 1. The Hall–Kier alpha value is -0.770. The first-order chi connectivity index (χ1) is 8.04. The fourth-order valence-electron chi connectivity index (χ4n) is 1.46. The summed E-state index contributed by atoms with van der Waals surface area (Å²) in [7, 11) is 0. The van der Waals surface area contributed by atoms with E-state index in [9.17, 15) is 4.79 Å². The van der Waals surface area contributed by atoms with Crippen molar-refractivity contribution in [3.05, 3.63) is 33.8 Å². The highest BCUT2D eigenvalue weighted by Crippen LogP contribution is 2.27. The summed E-state index contributed by atoms with van der Waals surface area (Å²) in [6.45, 7) is 2.15. The van der Waals surface area contributed by atoms with Crippen LogP contribution in [0.25, 0.3) is 0 Å². The van der Waals surface area contributed by atoms with Crippen LogP contribution in [0, 0.1) is 0 Å². The van der Waals surface area contributed by atoms with Crippen molar-refractivity contribution in [2.45, 2.75) is 25.8 Å². The normalized spacial score (nSPS) is 12.2. The molecule has 17 heavy (non-hydrogen) atoms. The lowest BCUT2D eigenvalue weighted by atomic mass is 10.0. The molecule has 0 aromatic heterocycles. The monoisotopic (exact) mass is 275 g/mol. The van der Waals surface area contributed by atoms with Crippen molar-refractivity contribution in [2.24, 2.45) is 5.73 Å². The van der Waals surface area contributed by atoms with E-state index in [0.29, 0.717) is 23.1 Å². The van der Waals surface area contributed by atoms with Crippen LogP contribution in [0.4, 0.5) is 0 Å². The maximum absolute atomic E-state index is 11.2. The number of benzene rings is 1. The second-order valence-corrected chi connectivity index (χ2v) is 4.46. The highest BCUT2D eigenvalue weighted by molar-refractivity contribution is 6.33. The molecule has 0 aliphatic rings. The van der Waals surface area contributed by atoms with Gasteiger partial charge in [-0.2, -0.15) is 0 Å². The van der Waals surface area contributed by atoms with E-state index in [4.69, 9.17) is 33.7 Å². The van der Waals surface area contributed by atoms with E-state index in [1.807, 2.05) is 0 Å². The van der Waals surface area contributed by atoms with E-state index < -0.39 is 0 Å². The number of hydrogen-bond acceptors (Lipinski definition) is 3. The number of hydrogen-bond donors (Lipinski definition) is 1. The standard InChI is InChI=1S/C12H15Cl2NO2/c1-2-17-12(16)6-5-11(15)9-7-8(13)3-4-10(9)14/h3-4,7,11H,2,5-6,15H2,1H3. The van der Waals surface area contributed by atoms with Gasteiger partial charge in [-0.05, 0) is 37.1 Å². The minimum Gasteiger partial charge on any atom is -0.466 e. The second-order valence-electron chi connectivity index (χ2n) is 3.62. The highest BCUT2D eigenvalue weighted by Gasteiger charge is 2.13. The first kappa shape index (κ1) is 14.3. The molecule has 0 heterocycles. The zero-order valence-electron chi connectivity index (χ0n) is 9.58. The number of halogens is 2. The molecule has 5 heteroatoms. The van der Waals surface area contributed by atoms with Gasteiger partial charge in [0.1, 0.15) is 0 Å². The fraction of sp³-hybridized carbons (Fsp3) is 0.417. The number of rotatable bonds is 5. The molecule has 0 amide bonds. The van der Waals surface area contributed by atoms with E-state index in [0.717, 1.165) is 5.56 Å². The Morgan fingerprint density at radius 2 is 2.18 bits per heavy atom. The summed E-state index contributed by atoms with van der Waals surface area (Å²) in [6, 6.07) is 4.81. The van der Waals surface area contributed by atoms with Gasteiger partial charge in [-0.1, -0.05) is 23.2 Å². The van der Waals surface area contributed by atoms with Crippen molar-refractivity contribution >= 4 is 29.2 Å². The molecule has 1 unspecified atom stereocenters. The summed E-state index contributed by atoms with van der Waals surface area (Å²) >= 11 is 11.9. The van der Waals surface area contributed by atoms with E-state index >= 15 is 0 Å². The van der Waals surface area contributed by atoms with Crippen LogP contribution in [-0.4, -0.2) is 12.6 Å². The predicted octanol–water partition coefficient (Wildman–Crippen LogP) is 3.34. The van der Waals surface area contributed by atoms with E-state index in [1.54, 1.807) is 25.1 Å². The fourth-order valence-corrected chi connectivity index (χ4v) is 1.90. The molecule has 0 aliphatic carbocycles. The minimum atomic E-state index is -0.314. The van der Waals surface area contributed by atoms with Crippen molar-refractivity contribution in [3.63, 3.8) is 0 Å². The summed E-state index contributed by atoms with van der Waals surface area (Å²) in [6.07, 6.45) is 0.761. The molecule has 3 nitrogen and oxygen atoms in total. The number of carbonyl (C=O) groups excluding carboxylic acids is 1. The maximum Gasteiger partial charge on any atom is 0.305 e. The third-order valence-electron chi connectivity index (χ3n) is 2.32. The molecule has 1 rings (SSSR count). The SMILES string of the molecule is CCOC(=O)CCC(N)c1cc(Cl)ccc1Cl. The van der Waals surface area contributed by atoms with Gasteiger partial charge in [-0.15, -0.1) is 0 Å². The van der Waals surface area contributed by atoms with Crippen LogP contribution in [0.3, 0.4) is 0 Å². The topological polar surface area (TPSA) is 52.3 Å². The molecule has 0 saturated heterocycles. The molecule has 94 valence electrons. The average Bonchev–Trinajstić information content (AvgIpc) is 2.29. The molecule has 0 bridgehead atoms. The lowest BCUT2D eigenvalue weighted by molar-refractivity contribution is -0.143. The van der Waals surface area contributed by atoms with Crippen molar-refractivity contribution in [2.75, 3.05) is 6.61 Å². The van der Waals surface area contributed by atoms with Crippen molar-refractivity contribution < 1.29 is 9.53 Å². The lowest BCUT2D eigenvalue weighted by Crippen LogP contribution is -2.14. The largest absolute Gasteiger partial charge is 0.466 e. The van der Waals surface area contributed by atoms with E-state index in [-0.39, 0.29) is 18.4 Å². The summed E-state index contributed by atoms with van der Waals surface area (Å²) in [5, 5.41) is 1.14. The first-order valence-corrected chi connectivity index (χ1v) is 6.16. The Morgan fingerprint density at radius 1 is 1.47 bits per heavy atom. The van der Waals surface area contributed by atoms with Gasteiger partial charge in [0.25, 0.3) is 0 Å². The molecule has 0 radical (unpaired) electrons. The Balaban J connectivity index is 2.60. The van der Waals surface area contributed by atoms with Crippen LogP contribution in [0.5, 0.6) is 0 Å². The van der Waals surface area contributed by atoms with Gasteiger partial charge >= 0.3 is 5.97 Å². The summed E-state index contributed by atoms with van der Waals surface area (Å²) in [5.41, 5.74) is 6.71. The summed E-state index contributed by atoms with van der Waals surface area (Å²) in [4.78, 5) is 11.2. The number of nitrogens with two attached hydrogens (primary N) is 1. The van der Waals surface area contributed by atoms with Crippen LogP contribution in [0.2, 0.25) is 10.0 Å². The molecule has 0 spiro atoms. The quantitative estimate of drug-likeness (QED) is 0.839. The van der Waals surface area contributed by atoms with Crippen molar-refractivity contribution in [1.29, 1.82) is 0 Å². The minimum absolute atomic E-state index is 0.249. The molecule has 0 saturated carbocycles. The number of ether oxygens (including phenoxy) is 1.